The number of aliphatic carboxylic acids is 1. The van der Waals surface area contributed by atoms with Crippen LogP contribution in [-0.2, 0) is 4.79 Å². The molecule has 3 nitrogen and oxygen atoms in total. The summed E-state index contributed by atoms with van der Waals surface area (Å²) in [6.07, 6.45) is 6.84. The lowest BCUT2D eigenvalue weighted by Gasteiger charge is -2.28. The molecular weight excluding hydrogens is 178 g/mol. The van der Waals surface area contributed by atoms with Crippen LogP contribution in [-0.4, -0.2) is 23.7 Å². The van der Waals surface area contributed by atoms with Crippen LogP contribution in [0.4, 0.5) is 0 Å². The first-order chi connectivity index (χ1) is 6.77. The molecule has 0 heterocycles. The van der Waals surface area contributed by atoms with Gasteiger partial charge in [0.2, 0.25) is 0 Å². The van der Waals surface area contributed by atoms with Crippen LogP contribution in [0, 0.1) is 11.8 Å². The Bertz CT molecular complexity index is 213. The molecular formula is C11H19NO2. The van der Waals surface area contributed by atoms with E-state index in [4.69, 9.17) is 5.11 Å². The zero-order chi connectivity index (χ0) is 9.97. The molecule has 2 unspecified atom stereocenters. The molecule has 2 rings (SSSR count). The Morgan fingerprint density at radius 1 is 1.21 bits per heavy atom. The molecule has 2 N–H and O–H groups in total. The Hall–Kier alpha value is -0.570. The van der Waals surface area contributed by atoms with Crippen molar-refractivity contribution < 1.29 is 9.90 Å². The van der Waals surface area contributed by atoms with Gasteiger partial charge in [-0.1, -0.05) is 12.8 Å². The fourth-order valence-corrected chi connectivity index (χ4v) is 2.38. The molecule has 0 spiro atoms. The van der Waals surface area contributed by atoms with Gasteiger partial charge in [0.25, 0.3) is 0 Å². The number of carbonyl (C=O) groups is 1. The predicted molar refractivity (Wildman–Crippen MR) is 54.1 cm³/mol. The van der Waals surface area contributed by atoms with Crippen LogP contribution < -0.4 is 5.32 Å². The Morgan fingerprint density at radius 3 is 2.57 bits per heavy atom. The summed E-state index contributed by atoms with van der Waals surface area (Å²) in [4.78, 5) is 11.0. The molecule has 0 amide bonds. The van der Waals surface area contributed by atoms with E-state index in [0.29, 0.717) is 12.0 Å². The molecule has 0 aliphatic heterocycles. The Balaban J connectivity index is 1.81. The van der Waals surface area contributed by atoms with E-state index in [1.807, 2.05) is 0 Å². The molecule has 0 bridgehead atoms. The van der Waals surface area contributed by atoms with Crippen LogP contribution >= 0.6 is 0 Å². The summed E-state index contributed by atoms with van der Waals surface area (Å²) >= 11 is 0. The molecule has 2 saturated carbocycles. The second-order valence-electron chi connectivity index (χ2n) is 4.67. The SMILES string of the molecule is O=C(O)C1CCCCC1CNC1CC1. The van der Waals surface area contributed by atoms with Gasteiger partial charge < -0.3 is 10.4 Å². The predicted octanol–water partition coefficient (Wildman–Crippen LogP) is 1.63. The van der Waals surface area contributed by atoms with Crippen molar-refractivity contribution in [1.82, 2.24) is 5.32 Å². The zero-order valence-electron chi connectivity index (χ0n) is 8.54. The van der Waals surface area contributed by atoms with Crippen LogP contribution in [0.1, 0.15) is 38.5 Å². The van der Waals surface area contributed by atoms with Gasteiger partial charge in [0.1, 0.15) is 0 Å². The zero-order valence-corrected chi connectivity index (χ0v) is 8.54. The molecule has 14 heavy (non-hydrogen) atoms. The highest BCUT2D eigenvalue weighted by atomic mass is 16.4. The van der Waals surface area contributed by atoms with Crippen molar-refractivity contribution in [2.24, 2.45) is 11.8 Å². The molecule has 0 radical (unpaired) electrons. The van der Waals surface area contributed by atoms with E-state index < -0.39 is 5.97 Å². The van der Waals surface area contributed by atoms with E-state index in [1.165, 1.54) is 19.3 Å². The summed E-state index contributed by atoms with van der Waals surface area (Å²) in [5.74, 6) is -0.302. The quantitative estimate of drug-likeness (QED) is 0.720. The van der Waals surface area contributed by atoms with E-state index in [1.54, 1.807) is 0 Å². The number of hydrogen-bond acceptors (Lipinski definition) is 2. The van der Waals surface area contributed by atoms with Gasteiger partial charge in [-0.3, -0.25) is 4.79 Å². The second-order valence-corrected chi connectivity index (χ2v) is 4.67. The van der Waals surface area contributed by atoms with Crippen LogP contribution in [0.25, 0.3) is 0 Å². The fourth-order valence-electron chi connectivity index (χ4n) is 2.38. The topological polar surface area (TPSA) is 49.3 Å². The lowest BCUT2D eigenvalue weighted by Crippen LogP contribution is -2.35. The van der Waals surface area contributed by atoms with Crippen molar-refractivity contribution in [1.29, 1.82) is 0 Å². The standard InChI is InChI=1S/C11H19NO2/c13-11(14)10-4-2-1-3-8(10)7-12-9-5-6-9/h8-10,12H,1-7H2,(H,13,14). The van der Waals surface area contributed by atoms with Gasteiger partial charge in [-0.2, -0.15) is 0 Å². The number of carboxylic acids is 1. The molecule has 0 saturated heterocycles. The highest BCUT2D eigenvalue weighted by Gasteiger charge is 2.31. The minimum absolute atomic E-state index is 0.0880. The van der Waals surface area contributed by atoms with Crippen molar-refractivity contribution >= 4 is 5.97 Å². The Kier molecular flexibility index (Phi) is 3.06. The van der Waals surface area contributed by atoms with Gasteiger partial charge in [0.15, 0.2) is 0 Å². The van der Waals surface area contributed by atoms with E-state index in [0.717, 1.165) is 25.8 Å². The van der Waals surface area contributed by atoms with Crippen molar-refractivity contribution in [3.05, 3.63) is 0 Å². The maximum absolute atomic E-state index is 11.0. The lowest BCUT2D eigenvalue weighted by molar-refractivity contribution is -0.144. The molecule has 3 heteroatoms. The first-order valence-electron chi connectivity index (χ1n) is 5.73. The monoisotopic (exact) mass is 197 g/mol. The van der Waals surface area contributed by atoms with Gasteiger partial charge in [-0.25, -0.2) is 0 Å². The van der Waals surface area contributed by atoms with Crippen LogP contribution in [0.5, 0.6) is 0 Å². The summed E-state index contributed by atoms with van der Waals surface area (Å²) in [6, 6.07) is 0.700. The normalized spacial score (nSPS) is 32.9. The summed E-state index contributed by atoms with van der Waals surface area (Å²) in [5, 5.41) is 12.5. The van der Waals surface area contributed by atoms with E-state index in [9.17, 15) is 4.79 Å². The van der Waals surface area contributed by atoms with Gasteiger partial charge in [-0.15, -0.1) is 0 Å². The Morgan fingerprint density at radius 2 is 1.93 bits per heavy atom. The minimum Gasteiger partial charge on any atom is -0.481 e. The first-order valence-corrected chi connectivity index (χ1v) is 5.73. The molecule has 2 atom stereocenters. The second kappa shape index (κ2) is 4.30. The number of hydrogen-bond donors (Lipinski definition) is 2. The number of rotatable bonds is 4. The summed E-state index contributed by atoms with van der Waals surface area (Å²) in [6.45, 7) is 0.918. The average molecular weight is 197 g/mol. The molecule has 0 aromatic rings. The maximum atomic E-state index is 11.0. The molecule has 80 valence electrons. The maximum Gasteiger partial charge on any atom is 0.306 e. The van der Waals surface area contributed by atoms with Crippen molar-refractivity contribution in [2.75, 3.05) is 6.54 Å². The van der Waals surface area contributed by atoms with E-state index >= 15 is 0 Å². The van der Waals surface area contributed by atoms with Crippen molar-refractivity contribution in [2.45, 2.75) is 44.6 Å². The molecule has 0 aromatic carbocycles. The van der Waals surface area contributed by atoms with Gasteiger partial charge in [0, 0.05) is 6.04 Å². The summed E-state index contributed by atoms with van der Waals surface area (Å²) < 4.78 is 0. The third-order valence-electron chi connectivity index (χ3n) is 3.47. The average Bonchev–Trinajstić information content (AvgIpc) is 2.98. The minimum atomic E-state index is -0.590. The van der Waals surface area contributed by atoms with Crippen LogP contribution in [0.3, 0.4) is 0 Å². The largest absolute Gasteiger partial charge is 0.481 e. The summed E-state index contributed by atoms with van der Waals surface area (Å²) in [5.41, 5.74) is 0. The van der Waals surface area contributed by atoms with Gasteiger partial charge in [0.05, 0.1) is 5.92 Å². The first kappa shape index (κ1) is 9.97. The van der Waals surface area contributed by atoms with E-state index in [2.05, 4.69) is 5.32 Å². The molecule has 2 aliphatic rings. The highest BCUT2D eigenvalue weighted by Crippen LogP contribution is 2.30. The fraction of sp³-hybridized carbons (Fsp3) is 0.909. The van der Waals surface area contributed by atoms with Crippen LogP contribution in [0.2, 0.25) is 0 Å². The molecule has 2 fully saturated rings. The van der Waals surface area contributed by atoms with Crippen molar-refractivity contribution in [3.63, 3.8) is 0 Å². The smallest absolute Gasteiger partial charge is 0.306 e. The lowest BCUT2D eigenvalue weighted by atomic mass is 9.79. The third-order valence-corrected chi connectivity index (χ3v) is 3.47. The van der Waals surface area contributed by atoms with Crippen LogP contribution in [0.15, 0.2) is 0 Å². The summed E-state index contributed by atoms with van der Waals surface area (Å²) in [7, 11) is 0. The van der Waals surface area contributed by atoms with Gasteiger partial charge >= 0.3 is 5.97 Å². The van der Waals surface area contributed by atoms with Crippen molar-refractivity contribution in [3.8, 4) is 0 Å². The Labute approximate surface area is 84.9 Å². The molecule has 0 aromatic heterocycles. The third kappa shape index (κ3) is 2.47. The van der Waals surface area contributed by atoms with E-state index in [-0.39, 0.29) is 5.92 Å². The number of carboxylic acid groups (broad SMARTS) is 1. The molecule has 2 aliphatic carbocycles. The number of nitrogens with one attached hydrogen (secondary N) is 1. The highest BCUT2D eigenvalue weighted by molar-refractivity contribution is 5.70. The van der Waals surface area contributed by atoms with Gasteiger partial charge in [-0.05, 0) is 38.1 Å².